The number of benzene rings is 1. The number of carbonyl (C=O) groups excluding carboxylic acids is 2. The number of anilines is 1. The fourth-order valence-electron chi connectivity index (χ4n) is 2.64. The molecule has 0 radical (unpaired) electrons. The van der Waals surface area contributed by atoms with Crippen molar-refractivity contribution in [2.45, 2.75) is 0 Å². The quantitative estimate of drug-likeness (QED) is 0.808. The molecule has 1 saturated heterocycles. The van der Waals surface area contributed by atoms with Gasteiger partial charge in [0.15, 0.2) is 0 Å². The number of hydrogen-bond donors (Lipinski definition) is 2. The van der Waals surface area contributed by atoms with Gasteiger partial charge in [-0.15, -0.1) is 12.4 Å². The molecule has 0 atom stereocenters. The first-order valence-electron chi connectivity index (χ1n) is 7.81. The topological polar surface area (TPSA) is 89.4 Å². The molecular weight excluding hydrogens is 364 g/mol. The van der Waals surface area contributed by atoms with E-state index in [4.69, 9.17) is 0 Å². The third-order valence-electron chi connectivity index (χ3n) is 3.85. The summed E-state index contributed by atoms with van der Waals surface area (Å²) in [5.74, 6) is -0.122. The van der Waals surface area contributed by atoms with Gasteiger partial charge in [-0.1, -0.05) is 6.07 Å². The average Bonchev–Trinajstić information content (AvgIpc) is 3.05. The lowest BCUT2D eigenvalue weighted by molar-refractivity contribution is -0.133. The molecule has 0 aliphatic carbocycles. The summed E-state index contributed by atoms with van der Waals surface area (Å²) in [6, 6.07) is 5.48. The largest absolute Gasteiger partial charge is 0.339 e. The Hall–Kier alpha value is -1.81. The van der Waals surface area contributed by atoms with Crippen LogP contribution in [-0.4, -0.2) is 67.9 Å². The van der Waals surface area contributed by atoms with Crippen molar-refractivity contribution in [1.82, 2.24) is 15.1 Å². The third kappa shape index (κ3) is 5.08. The van der Waals surface area contributed by atoms with Crippen LogP contribution in [0.4, 0.5) is 17.1 Å². The zero-order valence-corrected chi connectivity index (χ0v) is 15.5. The highest BCUT2D eigenvalue weighted by atomic mass is 35.5. The van der Waals surface area contributed by atoms with Gasteiger partial charge in [0.1, 0.15) is 11.4 Å². The molecule has 0 saturated carbocycles. The SMILES string of the molecule is CN(CC(=O)Nc1cccc2c1N=S=N2)CC(=O)N1CCNCC1.Cl. The minimum absolute atomic E-state index is 0. The maximum Gasteiger partial charge on any atom is 0.238 e. The van der Waals surface area contributed by atoms with Crippen molar-refractivity contribution < 1.29 is 9.59 Å². The predicted octanol–water partition coefficient (Wildman–Crippen LogP) is 1.14. The second kappa shape index (κ2) is 9.04. The Bertz CT molecular complexity index is 716. The summed E-state index contributed by atoms with van der Waals surface area (Å²) in [5.41, 5.74) is 2.10. The molecule has 0 aromatic heterocycles. The molecule has 1 fully saturated rings. The Morgan fingerprint density at radius 2 is 2.04 bits per heavy atom. The van der Waals surface area contributed by atoms with E-state index in [0.29, 0.717) is 11.4 Å². The van der Waals surface area contributed by atoms with Crippen LogP contribution in [0, 0.1) is 0 Å². The molecule has 2 aliphatic rings. The first-order valence-corrected chi connectivity index (χ1v) is 8.54. The lowest BCUT2D eigenvalue weighted by Gasteiger charge is -2.29. The number of hydrogen-bond acceptors (Lipinski definition) is 6. The normalized spacial score (nSPS) is 15.4. The molecule has 2 heterocycles. The van der Waals surface area contributed by atoms with E-state index in [2.05, 4.69) is 19.4 Å². The lowest BCUT2D eigenvalue weighted by atomic mass is 10.2. The van der Waals surface area contributed by atoms with Crippen molar-refractivity contribution in [3.05, 3.63) is 18.2 Å². The Balaban J connectivity index is 0.00000225. The standard InChI is InChI=1S/C15H20N6O2S.ClH/c1-20(10-14(23)21-7-5-16-6-8-21)9-13(22)17-11-3-2-4-12-15(11)19-24-18-12;/h2-4,16H,5-10H2,1H3,(H,17,22);1H. The van der Waals surface area contributed by atoms with Gasteiger partial charge in [-0.05, 0) is 19.2 Å². The number of amides is 2. The van der Waals surface area contributed by atoms with Crippen LogP contribution in [0.15, 0.2) is 26.9 Å². The second-order valence-corrected chi connectivity index (χ2v) is 6.32. The van der Waals surface area contributed by atoms with Crippen molar-refractivity contribution in [2.75, 3.05) is 51.6 Å². The summed E-state index contributed by atoms with van der Waals surface area (Å²) in [6.07, 6.45) is 0. The molecule has 1 aromatic carbocycles. The minimum atomic E-state index is -0.175. The van der Waals surface area contributed by atoms with Crippen LogP contribution in [0.25, 0.3) is 0 Å². The van der Waals surface area contributed by atoms with Crippen LogP contribution < -0.4 is 10.6 Å². The number of carbonyl (C=O) groups is 2. The Kier molecular flexibility index (Phi) is 7.06. The fourth-order valence-corrected chi connectivity index (χ4v) is 3.19. The second-order valence-electron chi connectivity index (χ2n) is 5.79. The molecule has 3 rings (SSSR count). The third-order valence-corrected chi connectivity index (χ3v) is 4.39. The zero-order chi connectivity index (χ0) is 16.9. The van der Waals surface area contributed by atoms with Gasteiger partial charge >= 0.3 is 0 Å². The fraction of sp³-hybridized carbons (Fsp3) is 0.467. The highest BCUT2D eigenvalue weighted by Gasteiger charge is 2.19. The molecular formula is C15H21ClN6O2S. The number of likely N-dealkylation sites (N-methyl/N-ethyl adjacent to an activating group) is 1. The van der Waals surface area contributed by atoms with Crippen LogP contribution in [0.5, 0.6) is 0 Å². The molecule has 0 bridgehead atoms. The van der Waals surface area contributed by atoms with E-state index in [9.17, 15) is 9.59 Å². The number of nitrogens with zero attached hydrogens (tertiary/aromatic N) is 4. The van der Waals surface area contributed by atoms with Gasteiger partial charge in [-0.3, -0.25) is 14.5 Å². The van der Waals surface area contributed by atoms with E-state index >= 15 is 0 Å². The summed E-state index contributed by atoms with van der Waals surface area (Å²) in [5, 5.41) is 6.06. The van der Waals surface area contributed by atoms with E-state index in [1.54, 1.807) is 18.0 Å². The van der Waals surface area contributed by atoms with Crippen LogP contribution in [0.1, 0.15) is 0 Å². The number of rotatable bonds is 5. The van der Waals surface area contributed by atoms with Crippen molar-refractivity contribution in [2.24, 2.45) is 8.73 Å². The van der Waals surface area contributed by atoms with E-state index in [1.165, 1.54) is 0 Å². The van der Waals surface area contributed by atoms with Crippen molar-refractivity contribution in [3.63, 3.8) is 0 Å². The zero-order valence-electron chi connectivity index (χ0n) is 13.9. The van der Waals surface area contributed by atoms with Gasteiger partial charge < -0.3 is 15.5 Å². The van der Waals surface area contributed by atoms with Gasteiger partial charge in [0.25, 0.3) is 0 Å². The van der Waals surface area contributed by atoms with Crippen LogP contribution >= 0.6 is 12.4 Å². The van der Waals surface area contributed by atoms with Gasteiger partial charge in [0, 0.05) is 26.2 Å². The monoisotopic (exact) mass is 384 g/mol. The van der Waals surface area contributed by atoms with E-state index < -0.39 is 0 Å². The van der Waals surface area contributed by atoms with Crippen LogP contribution in [0.3, 0.4) is 0 Å². The molecule has 2 N–H and O–H groups in total. The molecule has 0 spiro atoms. The molecule has 25 heavy (non-hydrogen) atoms. The highest BCUT2D eigenvalue weighted by Crippen LogP contribution is 2.38. The summed E-state index contributed by atoms with van der Waals surface area (Å²) >= 11 is 1.12. The maximum atomic E-state index is 12.2. The molecule has 8 nitrogen and oxygen atoms in total. The Morgan fingerprint density at radius 1 is 1.28 bits per heavy atom. The number of fused-ring (bicyclic) bond motifs is 1. The highest BCUT2D eigenvalue weighted by molar-refractivity contribution is 7.58. The van der Waals surface area contributed by atoms with Gasteiger partial charge in [-0.2, -0.15) is 8.73 Å². The van der Waals surface area contributed by atoms with Gasteiger partial charge in [-0.25, -0.2) is 0 Å². The predicted molar refractivity (Wildman–Crippen MR) is 101 cm³/mol. The van der Waals surface area contributed by atoms with Crippen molar-refractivity contribution in [1.29, 1.82) is 0 Å². The molecule has 2 aliphatic heterocycles. The Labute approximate surface area is 156 Å². The van der Waals surface area contributed by atoms with Crippen LogP contribution in [-0.2, 0) is 20.9 Å². The van der Waals surface area contributed by atoms with E-state index in [1.807, 2.05) is 17.0 Å². The molecule has 10 heteroatoms. The number of nitrogens with one attached hydrogen (secondary N) is 2. The maximum absolute atomic E-state index is 12.2. The number of piperazine rings is 1. The molecule has 1 aromatic rings. The molecule has 0 unspecified atom stereocenters. The Morgan fingerprint density at radius 3 is 2.80 bits per heavy atom. The van der Waals surface area contributed by atoms with Crippen molar-refractivity contribution >= 4 is 52.6 Å². The van der Waals surface area contributed by atoms with Gasteiger partial charge in [0.2, 0.25) is 11.8 Å². The van der Waals surface area contributed by atoms with E-state index in [-0.39, 0.29) is 37.3 Å². The molecule has 136 valence electrons. The first-order chi connectivity index (χ1) is 11.6. The smallest absolute Gasteiger partial charge is 0.238 e. The minimum Gasteiger partial charge on any atom is -0.339 e. The summed E-state index contributed by atoms with van der Waals surface area (Å²) in [6.45, 7) is 3.46. The van der Waals surface area contributed by atoms with Crippen LogP contribution in [0.2, 0.25) is 0 Å². The summed E-state index contributed by atoms with van der Waals surface area (Å²) in [4.78, 5) is 28.0. The van der Waals surface area contributed by atoms with E-state index in [0.717, 1.165) is 43.2 Å². The summed E-state index contributed by atoms with van der Waals surface area (Å²) < 4.78 is 8.35. The number of halogens is 1. The first kappa shape index (κ1) is 19.5. The van der Waals surface area contributed by atoms with Gasteiger partial charge in [0.05, 0.1) is 30.1 Å². The van der Waals surface area contributed by atoms with Crippen molar-refractivity contribution in [3.8, 4) is 0 Å². The summed E-state index contributed by atoms with van der Waals surface area (Å²) in [7, 11) is 1.77. The lowest BCUT2D eigenvalue weighted by Crippen LogP contribution is -2.49. The average molecular weight is 385 g/mol. The molecule has 2 amide bonds.